The molecule has 1 heterocycles. The SMILES string of the molecule is CC1(NC(=O)c2cccc(Cl)c2)CCN(C/C=C/c2cccc(Cl)c2)C1=S. The number of nitrogens with one attached hydrogen (secondary N) is 1. The van der Waals surface area contributed by atoms with Gasteiger partial charge in [-0.15, -0.1) is 0 Å². The van der Waals surface area contributed by atoms with Crippen LogP contribution < -0.4 is 5.32 Å². The van der Waals surface area contributed by atoms with E-state index in [0.29, 0.717) is 22.2 Å². The molecule has 1 N–H and O–H groups in total. The quantitative estimate of drug-likeness (QED) is 0.674. The van der Waals surface area contributed by atoms with Crippen molar-refractivity contribution in [3.8, 4) is 0 Å². The Labute approximate surface area is 175 Å². The molecule has 0 radical (unpaired) electrons. The number of thiocarbonyl (C=S) groups is 1. The lowest BCUT2D eigenvalue weighted by Gasteiger charge is -2.27. The maximum absolute atomic E-state index is 12.6. The molecule has 2 aromatic rings. The maximum Gasteiger partial charge on any atom is 0.252 e. The highest BCUT2D eigenvalue weighted by molar-refractivity contribution is 7.80. The van der Waals surface area contributed by atoms with Gasteiger partial charge in [0.2, 0.25) is 0 Å². The maximum atomic E-state index is 12.6. The van der Waals surface area contributed by atoms with Crippen LogP contribution in [0.5, 0.6) is 0 Å². The van der Waals surface area contributed by atoms with Gasteiger partial charge in [0.25, 0.3) is 5.91 Å². The number of hydrogen-bond acceptors (Lipinski definition) is 2. The molecule has 1 amide bonds. The monoisotopic (exact) mass is 418 g/mol. The highest BCUT2D eigenvalue weighted by atomic mass is 35.5. The molecular formula is C21H20Cl2N2OS. The molecule has 2 aromatic carbocycles. The average molecular weight is 419 g/mol. The third-order valence-electron chi connectivity index (χ3n) is 4.60. The van der Waals surface area contributed by atoms with Gasteiger partial charge < -0.3 is 10.2 Å². The van der Waals surface area contributed by atoms with Crippen LogP contribution in [0.3, 0.4) is 0 Å². The van der Waals surface area contributed by atoms with Gasteiger partial charge in [-0.3, -0.25) is 4.79 Å². The van der Waals surface area contributed by atoms with E-state index in [4.69, 9.17) is 35.4 Å². The van der Waals surface area contributed by atoms with Crippen molar-refractivity contribution in [3.05, 3.63) is 75.8 Å². The standard InChI is InChI=1S/C21H20Cl2N2OS/c1-21(24-19(26)16-7-3-9-18(23)14-16)10-12-25(20(21)27)11-4-6-15-5-2-8-17(22)13-15/h2-9,13-14H,10-12H2,1H3,(H,24,26)/b6-4+. The minimum atomic E-state index is -0.543. The van der Waals surface area contributed by atoms with Gasteiger partial charge in [0.1, 0.15) is 4.99 Å². The number of carbonyl (C=O) groups excluding carboxylic acids is 1. The Morgan fingerprint density at radius 3 is 2.63 bits per heavy atom. The third-order valence-corrected chi connectivity index (χ3v) is 5.78. The number of amides is 1. The van der Waals surface area contributed by atoms with E-state index >= 15 is 0 Å². The van der Waals surface area contributed by atoms with E-state index in [0.717, 1.165) is 23.5 Å². The van der Waals surface area contributed by atoms with Gasteiger partial charge in [-0.05, 0) is 49.2 Å². The smallest absolute Gasteiger partial charge is 0.252 e. The summed E-state index contributed by atoms with van der Waals surface area (Å²) in [5, 5.41) is 4.32. The molecule has 27 heavy (non-hydrogen) atoms. The summed E-state index contributed by atoms with van der Waals surface area (Å²) >= 11 is 17.6. The van der Waals surface area contributed by atoms with E-state index in [-0.39, 0.29) is 5.91 Å². The number of nitrogens with zero attached hydrogens (tertiary/aromatic N) is 1. The summed E-state index contributed by atoms with van der Waals surface area (Å²) in [4.78, 5) is 15.4. The number of rotatable bonds is 5. The number of benzene rings is 2. The molecular weight excluding hydrogens is 399 g/mol. The molecule has 1 unspecified atom stereocenters. The molecule has 0 aliphatic carbocycles. The molecule has 1 atom stereocenters. The Hall–Kier alpha value is -1.88. The third kappa shape index (κ3) is 4.89. The lowest BCUT2D eigenvalue weighted by Crippen LogP contribution is -2.51. The summed E-state index contributed by atoms with van der Waals surface area (Å²) in [5.74, 6) is -0.168. The van der Waals surface area contributed by atoms with Crippen molar-refractivity contribution in [3.63, 3.8) is 0 Å². The van der Waals surface area contributed by atoms with Crippen molar-refractivity contribution in [1.82, 2.24) is 10.2 Å². The van der Waals surface area contributed by atoms with Gasteiger partial charge in [0.15, 0.2) is 0 Å². The molecule has 3 nitrogen and oxygen atoms in total. The minimum Gasteiger partial charge on any atom is -0.360 e. The van der Waals surface area contributed by atoms with E-state index < -0.39 is 5.54 Å². The topological polar surface area (TPSA) is 32.3 Å². The van der Waals surface area contributed by atoms with Crippen LogP contribution in [0.25, 0.3) is 6.08 Å². The second-order valence-corrected chi connectivity index (χ2v) is 8.01. The van der Waals surface area contributed by atoms with Crippen LogP contribution in [0.2, 0.25) is 10.0 Å². The van der Waals surface area contributed by atoms with Crippen molar-refractivity contribution in [2.75, 3.05) is 13.1 Å². The number of likely N-dealkylation sites (tertiary alicyclic amines) is 1. The van der Waals surface area contributed by atoms with E-state index in [1.807, 2.05) is 37.3 Å². The predicted octanol–water partition coefficient (Wildman–Crippen LogP) is 5.23. The van der Waals surface area contributed by atoms with Gasteiger partial charge in [0.05, 0.1) is 5.54 Å². The molecule has 0 spiro atoms. The Morgan fingerprint density at radius 1 is 1.22 bits per heavy atom. The Balaban J connectivity index is 1.62. The summed E-state index contributed by atoms with van der Waals surface area (Å²) in [6, 6.07) is 14.6. The first-order valence-corrected chi connectivity index (χ1v) is 9.83. The molecule has 1 fully saturated rings. The molecule has 0 bridgehead atoms. The lowest BCUT2D eigenvalue weighted by atomic mass is 10.0. The zero-order valence-corrected chi connectivity index (χ0v) is 17.2. The summed E-state index contributed by atoms with van der Waals surface area (Å²) in [6.07, 6.45) is 4.85. The molecule has 6 heteroatoms. The second-order valence-electron chi connectivity index (χ2n) is 6.76. The van der Waals surface area contributed by atoms with E-state index in [1.54, 1.807) is 24.3 Å². The molecule has 1 aliphatic rings. The van der Waals surface area contributed by atoms with Gasteiger partial charge in [-0.25, -0.2) is 0 Å². The normalized spacial score (nSPS) is 19.7. The first-order valence-electron chi connectivity index (χ1n) is 8.67. The Kier molecular flexibility index (Phi) is 6.20. The van der Waals surface area contributed by atoms with Crippen molar-refractivity contribution in [2.24, 2.45) is 0 Å². The Morgan fingerprint density at radius 2 is 1.93 bits per heavy atom. The minimum absolute atomic E-state index is 0.168. The van der Waals surface area contributed by atoms with Crippen LogP contribution in [0.15, 0.2) is 54.6 Å². The van der Waals surface area contributed by atoms with Crippen molar-refractivity contribution in [2.45, 2.75) is 18.9 Å². The molecule has 1 saturated heterocycles. The molecule has 0 aromatic heterocycles. The molecule has 0 saturated carbocycles. The average Bonchev–Trinajstić information content (AvgIpc) is 2.90. The molecule has 140 valence electrons. The van der Waals surface area contributed by atoms with Crippen LogP contribution >= 0.6 is 35.4 Å². The van der Waals surface area contributed by atoms with Crippen molar-refractivity contribution < 1.29 is 4.79 Å². The summed E-state index contributed by atoms with van der Waals surface area (Å²) in [5.41, 5.74) is 1.04. The van der Waals surface area contributed by atoms with Crippen LogP contribution in [0.4, 0.5) is 0 Å². The van der Waals surface area contributed by atoms with Crippen molar-refractivity contribution >= 4 is 52.4 Å². The summed E-state index contributed by atoms with van der Waals surface area (Å²) in [7, 11) is 0. The highest BCUT2D eigenvalue weighted by Crippen LogP contribution is 2.25. The van der Waals surface area contributed by atoms with E-state index in [1.165, 1.54) is 0 Å². The Bertz CT molecular complexity index is 899. The fourth-order valence-electron chi connectivity index (χ4n) is 3.08. The zero-order valence-electron chi connectivity index (χ0n) is 14.9. The first kappa shape index (κ1) is 19.9. The number of carbonyl (C=O) groups is 1. The summed E-state index contributed by atoms with van der Waals surface area (Å²) < 4.78 is 0. The fraction of sp³-hybridized carbons (Fsp3) is 0.238. The second kappa shape index (κ2) is 8.42. The van der Waals surface area contributed by atoms with Crippen LogP contribution in [-0.4, -0.2) is 34.4 Å². The van der Waals surface area contributed by atoms with E-state index in [9.17, 15) is 4.79 Å². The van der Waals surface area contributed by atoms with E-state index in [2.05, 4.69) is 16.3 Å². The van der Waals surface area contributed by atoms with Crippen molar-refractivity contribution in [1.29, 1.82) is 0 Å². The van der Waals surface area contributed by atoms with Crippen LogP contribution in [0, 0.1) is 0 Å². The van der Waals surface area contributed by atoms with Crippen LogP contribution in [-0.2, 0) is 0 Å². The first-order chi connectivity index (χ1) is 12.9. The van der Waals surface area contributed by atoms with Gasteiger partial charge in [0, 0.05) is 28.7 Å². The largest absolute Gasteiger partial charge is 0.360 e. The van der Waals surface area contributed by atoms with Gasteiger partial charge in [-0.2, -0.15) is 0 Å². The van der Waals surface area contributed by atoms with Gasteiger partial charge >= 0.3 is 0 Å². The summed E-state index contributed by atoms with van der Waals surface area (Å²) in [6.45, 7) is 3.46. The number of halogens is 2. The zero-order chi connectivity index (χ0) is 19.4. The number of hydrogen-bond donors (Lipinski definition) is 1. The lowest BCUT2D eigenvalue weighted by molar-refractivity contribution is 0.0928. The van der Waals surface area contributed by atoms with Gasteiger partial charge in [-0.1, -0.05) is 65.8 Å². The molecule has 1 aliphatic heterocycles. The molecule has 3 rings (SSSR count). The predicted molar refractivity (Wildman–Crippen MR) is 117 cm³/mol. The van der Waals surface area contributed by atoms with Crippen LogP contribution in [0.1, 0.15) is 29.3 Å². The fourth-order valence-corrected chi connectivity index (χ4v) is 3.79. The highest BCUT2D eigenvalue weighted by Gasteiger charge is 2.40.